The number of amides is 7. The molecule has 2 atom stereocenters. The summed E-state index contributed by atoms with van der Waals surface area (Å²) in [6, 6.07) is -2.95. The zero-order valence-electron chi connectivity index (χ0n) is 31.3. The molecule has 0 aliphatic heterocycles. The molecule has 0 aromatic rings. The van der Waals surface area contributed by atoms with Gasteiger partial charge in [-0.2, -0.15) is 0 Å². The van der Waals surface area contributed by atoms with Crippen LogP contribution in [0.25, 0.3) is 0 Å². The van der Waals surface area contributed by atoms with Crippen LogP contribution in [-0.2, 0) is 62.1 Å². The van der Waals surface area contributed by atoms with E-state index in [2.05, 4.69) is 47.8 Å². The first-order valence-corrected chi connectivity index (χ1v) is 19.8. The first-order chi connectivity index (χ1) is 27.2. The van der Waals surface area contributed by atoms with Crippen LogP contribution in [-0.4, -0.2) is 190 Å². The summed E-state index contributed by atoms with van der Waals surface area (Å²) >= 11 is 13.9. The fourth-order valence-corrected chi connectivity index (χ4v) is 4.60. The van der Waals surface area contributed by atoms with Crippen LogP contribution < -0.4 is 31.9 Å². The summed E-state index contributed by atoms with van der Waals surface area (Å²) in [5.41, 5.74) is 0. The van der Waals surface area contributed by atoms with Crippen molar-refractivity contribution < 1.29 is 72.3 Å². The van der Waals surface area contributed by atoms with E-state index in [0.29, 0.717) is 0 Å². The molecule has 0 rings (SSSR count). The fourth-order valence-electron chi connectivity index (χ4n) is 4.21. The Kier molecular flexibility index (Phi) is 31.9. The third-order valence-corrected chi connectivity index (χ3v) is 8.03. The molecule has 7 amide bonds. The minimum atomic E-state index is -1.54. The van der Waals surface area contributed by atoms with Crippen molar-refractivity contribution in [3.8, 4) is 0 Å². The second kappa shape index (κ2) is 34.2. The number of nitrogens with zero attached hydrogens (tertiary/aromatic N) is 1. The minimum absolute atomic E-state index is 0.00102. The van der Waals surface area contributed by atoms with Crippen molar-refractivity contribution in [1.82, 2.24) is 36.8 Å². The number of hydrogen-bond acceptors (Lipinski definition) is 13. The summed E-state index contributed by atoms with van der Waals surface area (Å²) in [5, 5.41) is 33.6. The van der Waals surface area contributed by atoms with E-state index in [4.69, 9.17) is 47.3 Å². The van der Waals surface area contributed by atoms with Gasteiger partial charge in [-0.1, -0.05) is 15.9 Å². The van der Waals surface area contributed by atoms with E-state index in [1.807, 2.05) is 0 Å². The second-order valence-electron chi connectivity index (χ2n) is 11.5. The number of halogens is 3. The van der Waals surface area contributed by atoms with Crippen molar-refractivity contribution in [2.75, 3.05) is 109 Å². The normalized spacial score (nSPS) is 11.7. The molecule has 0 saturated heterocycles. The molecule has 0 fully saturated rings. The van der Waals surface area contributed by atoms with Crippen LogP contribution in [0.3, 0.4) is 0 Å². The summed E-state index contributed by atoms with van der Waals surface area (Å²) in [7, 11) is 0. The van der Waals surface area contributed by atoms with E-state index >= 15 is 0 Å². The number of carbonyl (C=O) groups excluding carboxylic acids is 7. The Morgan fingerprint density at radius 2 is 1.05 bits per heavy atom. The average molecular weight is 926 g/mol. The highest BCUT2D eigenvalue weighted by Crippen LogP contribution is 2.04. The standard InChI is InChI=1S/C32H52BrCl2N7O15/c33-17-25(44)39-8-12-55-13-15-56-20-28(47)40-22(2-4-30(49)50)31(51)41-23(32(52)53)1-3-24(43)38-7-11-54-14-16-57-21-29(48)42(9-5-36-26(45)18-34)10-6-37-27(46)19-35/h22-23H,1-21H2,(H,36,45)(H,37,46)(H,38,43)(H,39,44)(H,40,47)(H,41,51)(H,49,50)(H,52,53)/t22-,23+/m0/s1. The van der Waals surface area contributed by atoms with Gasteiger partial charge in [-0.25, -0.2) is 4.79 Å². The fraction of sp³-hybridized carbons (Fsp3) is 0.719. The Balaban J connectivity index is 4.58. The lowest BCUT2D eigenvalue weighted by atomic mass is 10.1. The van der Waals surface area contributed by atoms with Crippen LogP contribution >= 0.6 is 39.1 Å². The van der Waals surface area contributed by atoms with E-state index < -0.39 is 72.5 Å². The number of ether oxygens (including phenoxy) is 4. The Morgan fingerprint density at radius 1 is 0.561 bits per heavy atom. The van der Waals surface area contributed by atoms with Gasteiger partial charge in [0, 0.05) is 52.1 Å². The summed E-state index contributed by atoms with van der Waals surface area (Å²) in [4.78, 5) is 108. The predicted molar refractivity (Wildman–Crippen MR) is 205 cm³/mol. The zero-order valence-corrected chi connectivity index (χ0v) is 34.4. The van der Waals surface area contributed by atoms with Gasteiger partial charge >= 0.3 is 11.9 Å². The lowest BCUT2D eigenvalue weighted by Gasteiger charge is -2.23. The number of carboxylic acids is 2. The number of aliphatic carboxylic acids is 2. The number of carbonyl (C=O) groups is 9. The number of rotatable bonds is 35. The van der Waals surface area contributed by atoms with Crippen molar-refractivity contribution >= 4 is 92.4 Å². The highest BCUT2D eigenvalue weighted by atomic mass is 79.9. The smallest absolute Gasteiger partial charge is 0.326 e. The van der Waals surface area contributed by atoms with Gasteiger partial charge in [-0.3, -0.25) is 38.4 Å². The third kappa shape index (κ3) is 30.0. The maximum Gasteiger partial charge on any atom is 0.326 e. The van der Waals surface area contributed by atoms with Gasteiger partial charge in [-0.15, -0.1) is 23.2 Å². The van der Waals surface area contributed by atoms with E-state index in [0.717, 1.165) is 0 Å². The molecule has 0 spiro atoms. The van der Waals surface area contributed by atoms with Crippen LogP contribution in [0, 0.1) is 0 Å². The molecule has 0 heterocycles. The van der Waals surface area contributed by atoms with E-state index in [9.17, 15) is 48.3 Å². The summed E-state index contributed by atoms with van der Waals surface area (Å²) in [6.07, 6.45) is -1.50. The molecule has 22 nitrogen and oxygen atoms in total. The molecule has 0 bridgehead atoms. The van der Waals surface area contributed by atoms with E-state index in [-0.39, 0.29) is 128 Å². The van der Waals surface area contributed by atoms with Crippen molar-refractivity contribution in [2.24, 2.45) is 0 Å². The molecule has 25 heteroatoms. The van der Waals surface area contributed by atoms with Crippen LogP contribution in [0.15, 0.2) is 0 Å². The molecule has 0 saturated carbocycles. The molecule has 0 unspecified atom stereocenters. The molecule has 326 valence electrons. The SMILES string of the molecule is O=C(O)CC[C@H](NC(=O)COCCOCCNC(=O)CBr)C(=O)N[C@H](CCC(=O)NCCOCCOCC(=O)N(CCNC(=O)CCl)CCNC(=O)CCl)C(=O)O. The molecule has 0 aromatic heterocycles. The van der Waals surface area contributed by atoms with Gasteiger partial charge < -0.3 is 66.0 Å². The van der Waals surface area contributed by atoms with E-state index in [1.165, 1.54) is 4.90 Å². The molecule has 57 heavy (non-hydrogen) atoms. The molecular formula is C32H52BrCl2N7O15. The van der Waals surface area contributed by atoms with Gasteiger partial charge in [0.25, 0.3) is 0 Å². The zero-order chi connectivity index (χ0) is 42.8. The number of carboxylic acid groups (broad SMARTS) is 2. The first kappa shape index (κ1) is 53.1. The number of hydrogen-bond donors (Lipinski definition) is 8. The maximum atomic E-state index is 12.9. The highest BCUT2D eigenvalue weighted by Gasteiger charge is 2.27. The summed E-state index contributed by atoms with van der Waals surface area (Å²) in [6.45, 7) is 0.497. The molecular weight excluding hydrogens is 873 g/mol. The first-order valence-electron chi connectivity index (χ1n) is 17.6. The average Bonchev–Trinajstić information content (AvgIpc) is 3.18. The van der Waals surface area contributed by atoms with Crippen molar-refractivity contribution in [3.05, 3.63) is 0 Å². The summed E-state index contributed by atoms with van der Waals surface area (Å²) in [5.74, 6) is -6.91. The Bertz CT molecular complexity index is 1270. The molecule has 0 aromatic carbocycles. The minimum Gasteiger partial charge on any atom is -0.481 e. The van der Waals surface area contributed by atoms with Gasteiger partial charge in [0.05, 0.1) is 45.0 Å². The van der Waals surface area contributed by atoms with Crippen molar-refractivity contribution in [2.45, 2.75) is 37.8 Å². The molecule has 8 N–H and O–H groups in total. The molecule has 0 aliphatic carbocycles. The predicted octanol–water partition coefficient (Wildman–Crippen LogP) is -3.08. The Hall–Kier alpha value is -3.87. The van der Waals surface area contributed by atoms with Crippen molar-refractivity contribution in [1.29, 1.82) is 0 Å². The van der Waals surface area contributed by atoms with Crippen LogP contribution in [0.1, 0.15) is 25.7 Å². The second-order valence-corrected chi connectivity index (χ2v) is 12.6. The monoisotopic (exact) mass is 923 g/mol. The van der Waals surface area contributed by atoms with Gasteiger partial charge in [0.15, 0.2) is 0 Å². The van der Waals surface area contributed by atoms with Crippen LogP contribution in [0.5, 0.6) is 0 Å². The van der Waals surface area contributed by atoms with Gasteiger partial charge in [0.1, 0.15) is 37.1 Å². The van der Waals surface area contributed by atoms with Gasteiger partial charge in [0.2, 0.25) is 41.4 Å². The highest BCUT2D eigenvalue weighted by molar-refractivity contribution is 9.09. The van der Waals surface area contributed by atoms with E-state index in [1.54, 1.807) is 0 Å². The Morgan fingerprint density at radius 3 is 1.56 bits per heavy atom. The van der Waals surface area contributed by atoms with Crippen LogP contribution in [0.4, 0.5) is 0 Å². The lowest BCUT2D eigenvalue weighted by Crippen LogP contribution is -2.52. The molecule has 0 aliphatic rings. The topological polar surface area (TPSA) is 306 Å². The lowest BCUT2D eigenvalue weighted by molar-refractivity contribution is -0.143. The van der Waals surface area contributed by atoms with Crippen LogP contribution in [0.2, 0.25) is 0 Å². The third-order valence-electron chi connectivity index (χ3n) is 7.04. The molecule has 0 radical (unpaired) electrons. The maximum absolute atomic E-state index is 12.9. The number of nitrogens with one attached hydrogen (secondary N) is 6. The summed E-state index contributed by atoms with van der Waals surface area (Å²) < 4.78 is 21.1. The number of alkyl halides is 3. The Labute approximate surface area is 347 Å². The quantitative estimate of drug-likeness (QED) is 0.0231. The largest absolute Gasteiger partial charge is 0.481 e. The van der Waals surface area contributed by atoms with Crippen molar-refractivity contribution in [3.63, 3.8) is 0 Å². The van der Waals surface area contributed by atoms with Gasteiger partial charge in [-0.05, 0) is 12.8 Å².